The summed E-state index contributed by atoms with van der Waals surface area (Å²) in [6.45, 7) is 8.02. The zero-order valence-electron chi connectivity index (χ0n) is 14.9. The molecule has 134 valence electrons. The van der Waals surface area contributed by atoms with Crippen LogP contribution in [0.2, 0.25) is 0 Å². The van der Waals surface area contributed by atoms with Crippen molar-refractivity contribution in [2.24, 2.45) is 5.92 Å². The standard InChI is InChI=1S/C18H29N3O3/c1-5-13(6-2)20-15-8-7-12(10-14(15)19)17(22)21-16(18(23)24)9-11(3)4/h7-8,10-11,13,16,20H,5-6,9,19H2,1-4H3,(H,21,22)(H,23,24)/t16-/m0/s1. The summed E-state index contributed by atoms with van der Waals surface area (Å²) in [6, 6.07) is 4.43. The second-order valence-corrected chi connectivity index (χ2v) is 6.45. The number of carboxylic acid groups (broad SMARTS) is 1. The second-order valence-electron chi connectivity index (χ2n) is 6.45. The monoisotopic (exact) mass is 335 g/mol. The largest absolute Gasteiger partial charge is 0.480 e. The molecule has 1 aromatic rings. The van der Waals surface area contributed by atoms with E-state index in [4.69, 9.17) is 5.73 Å². The van der Waals surface area contributed by atoms with E-state index in [2.05, 4.69) is 24.5 Å². The van der Waals surface area contributed by atoms with Crippen molar-refractivity contribution in [2.75, 3.05) is 11.1 Å². The van der Waals surface area contributed by atoms with Crippen molar-refractivity contribution in [3.63, 3.8) is 0 Å². The number of amides is 1. The van der Waals surface area contributed by atoms with Crippen LogP contribution >= 0.6 is 0 Å². The zero-order valence-corrected chi connectivity index (χ0v) is 14.9. The number of nitrogen functional groups attached to an aromatic ring is 1. The SMILES string of the molecule is CCC(CC)Nc1ccc(C(=O)N[C@@H](CC(C)C)C(=O)O)cc1N. The summed E-state index contributed by atoms with van der Waals surface area (Å²) < 4.78 is 0. The van der Waals surface area contributed by atoms with Crippen LogP contribution in [0.25, 0.3) is 0 Å². The molecule has 1 aromatic carbocycles. The Balaban J connectivity index is 2.84. The number of carboxylic acids is 1. The molecule has 0 spiro atoms. The topological polar surface area (TPSA) is 104 Å². The van der Waals surface area contributed by atoms with Gasteiger partial charge in [-0.25, -0.2) is 4.79 Å². The van der Waals surface area contributed by atoms with Gasteiger partial charge in [-0.1, -0.05) is 27.7 Å². The summed E-state index contributed by atoms with van der Waals surface area (Å²) in [5.74, 6) is -1.29. The summed E-state index contributed by atoms with van der Waals surface area (Å²) in [5, 5.41) is 15.1. The predicted molar refractivity (Wildman–Crippen MR) is 97.2 cm³/mol. The molecule has 24 heavy (non-hydrogen) atoms. The summed E-state index contributed by atoms with van der Waals surface area (Å²) in [7, 11) is 0. The first-order chi connectivity index (χ1) is 11.3. The van der Waals surface area contributed by atoms with Gasteiger partial charge in [0.05, 0.1) is 11.4 Å². The van der Waals surface area contributed by atoms with Crippen LogP contribution in [0.3, 0.4) is 0 Å². The van der Waals surface area contributed by atoms with E-state index in [0.717, 1.165) is 18.5 Å². The van der Waals surface area contributed by atoms with Crippen LogP contribution in [0, 0.1) is 5.92 Å². The van der Waals surface area contributed by atoms with Crippen LogP contribution in [0.5, 0.6) is 0 Å². The number of aliphatic carboxylic acids is 1. The lowest BCUT2D eigenvalue weighted by molar-refractivity contribution is -0.139. The molecule has 1 amide bonds. The van der Waals surface area contributed by atoms with Crippen LogP contribution in [-0.2, 0) is 4.79 Å². The molecular formula is C18H29N3O3. The molecule has 1 atom stereocenters. The van der Waals surface area contributed by atoms with E-state index in [9.17, 15) is 14.7 Å². The zero-order chi connectivity index (χ0) is 18.3. The number of hydrogen-bond acceptors (Lipinski definition) is 4. The first-order valence-electron chi connectivity index (χ1n) is 8.48. The Kier molecular flexibility index (Phi) is 7.55. The Bertz CT molecular complexity index is 569. The van der Waals surface area contributed by atoms with Crippen molar-refractivity contribution in [2.45, 2.75) is 59.0 Å². The third kappa shape index (κ3) is 5.76. The highest BCUT2D eigenvalue weighted by Crippen LogP contribution is 2.22. The molecule has 1 rings (SSSR count). The van der Waals surface area contributed by atoms with Crippen molar-refractivity contribution < 1.29 is 14.7 Å². The fourth-order valence-corrected chi connectivity index (χ4v) is 2.48. The van der Waals surface area contributed by atoms with Crippen LogP contribution in [0.4, 0.5) is 11.4 Å². The van der Waals surface area contributed by atoms with Gasteiger partial charge < -0.3 is 21.5 Å². The number of rotatable bonds is 9. The first-order valence-corrected chi connectivity index (χ1v) is 8.48. The summed E-state index contributed by atoms with van der Waals surface area (Å²) in [5.41, 5.74) is 7.65. The minimum atomic E-state index is -1.03. The van der Waals surface area contributed by atoms with Gasteiger partial charge in [0.15, 0.2) is 0 Å². The number of nitrogens with two attached hydrogens (primary N) is 1. The van der Waals surface area contributed by atoms with Gasteiger partial charge in [0, 0.05) is 11.6 Å². The molecule has 6 nitrogen and oxygen atoms in total. The third-order valence-corrected chi connectivity index (χ3v) is 3.97. The third-order valence-electron chi connectivity index (χ3n) is 3.97. The number of carbonyl (C=O) groups excluding carboxylic acids is 1. The van der Waals surface area contributed by atoms with Crippen LogP contribution in [-0.4, -0.2) is 29.1 Å². The number of benzene rings is 1. The molecule has 0 saturated heterocycles. The highest BCUT2D eigenvalue weighted by Gasteiger charge is 2.22. The van der Waals surface area contributed by atoms with E-state index in [1.54, 1.807) is 18.2 Å². The number of anilines is 2. The molecule has 0 radical (unpaired) electrons. The minimum absolute atomic E-state index is 0.170. The lowest BCUT2D eigenvalue weighted by Crippen LogP contribution is -2.41. The van der Waals surface area contributed by atoms with Crippen LogP contribution in [0.1, 0.15) is 57.3 Å². The maximum Gasteiger partial charge on any atom is 0.326 e. The van der Waals surface area contributed by atoms with E-state index >= 15 is 0 Å². The lowest BCUT2D eigenvalue weighted by Gasteiger charge is -2.19. The van der Waals surface area contributed by atoms with Gasteiger partial charge in [0.25, 0.3) is 5.91 Å². The van der Waals surface area contributed by atoms with Gasteiger partial charge in [0.2, 0.25) is 0 Å². The van der Waals surface area contributed by atoms with Gasteiger partial charge in [-0.2, -0.15) is 0 Å². The van der Waals surface area contributed by atoms with Crippen molar-refractivity contribution in [3.05, 3.63) is 23.8 Å². The van der Waals surface area contributed by atoms with E-state index in [0.29, 0.717) is 23.7 Å². The predicted octanol–water partition coefficient (Wildman–Crippen LogP) is 3.10. The minimum Gasteiger partial charge on any atom is -0.480 e. The molecule has 0 bridgehead atoms. The number of hydrogen-bond donors (Lipinski definition) is 4. The lowest BCUT2D eigenvalue weighted by atomic mass is 10.0. The van der Waals surface area contributed by atoms with E-state index in [1.165, 1.54) is 0 Å². The van der Waals surface area contributed by atoms with Crippen molar-refractivity contribution >= 4 is 23.3 Å². The fourth-order valence-electron chi connectivity index (χ4n) is 2.48. The fraction of sp³-hybridized carbons (Fsp3) is 0.556. The van der Waals surface area contributed by atoms with Crippen molar-refractivity contribution in [1.82, 2.24) is 5.32 Å². The Morgan fingerprint density at radius 1 is 1.21 bits per heavy atom. The van der Waals surface area contributed by atoms with Gasteiger partial charge in [-0.15, -0.1) is 0 Å². The molecule has 6 heteroatoms. The maximum absolute atomic E-state index is 12.3. The average molecular weight is 335 g/mol. The normalized spacial score (nSPS) is 12.2. The molecular weight excluding hydrogens is 306 g/mol. The Morgan fingerprint density at radius 2 is 1.83 bits per heavy atom. The molecule has 0 saturated carbocycles. The summed E-state index contributed by atoms with van der Waals surface area (Å²) in [6.07, 6.45) is 2.34. The van der Waals surface area contributed by atoms with Crippen molar-refractivity contribution in [3.8, 4) is 0 Å². The molecule has 0 aromatic heterocycles. The number of nitrogens with one attached hydrogen (secondary N) is 2. The molecule has 0 unspecified atom stereocenters. The summed E-state index contributed by atoms with van der Waals surface area (Å²) >= 11 is 0. The average Bonchev–Trinajstić information content (AvgIpc) is 2.52. The Hall–Kier alpha value is -2.24. The Labute approximate surface area is 143 Å². The van der Waals surface area contributed by atoms with Gasteiger partial charge in [0.1, 0.15) is 6.04 Å². The second kappa shape index (κ2) is 9.15. The van der Waals surface area contributed by atoms with Crippen LogP contribution < -0.4 is 16.4 Å². The quantitative estimate of drug-likeness (QED) is 0.519. The van der Waals surface area contributed by atoms with Crippen LogP contribution in [0.15, 0.2) is 18.2 Å². The highest BCUT2D eigenvalue weighted by molar-refractivity contribution is 5.98. The van der Waals surface area contributed by atoms with E-state index in [1.807, 2.05) is 13.8 Å². The molecule has 0 aliphatic heterocycles. The summed E-state index contributed by atoms with van der Waals surface area (Å²) in [4.78, 5) is 23.5. The van der Waals surface area contributed by atoms with E-state index in [-0.39, 0.29) is 5.92 Å². The van der Waals surface area contributed by atoms with Gasteiger partial charge in [-0.3, -0.25) is 4.79 Å². The molecule has 0 aliphatic carbocycles. The van der Waals surface area contributed by atoms with Gasteiger partial charge in [-0.05, 0) is 43.4 Å². The van der Waals surface area contributed by atoms with Gasteiger partial charge >= 0.3 is 5.97 Å². The smallest absolute Gasteiger partial charge is 0.326 e. The maximum atomic E-state index is 12.3. The first kappa shape index (κ1) is 19.8. The molecule has 0 heterocycles. The molecule has 0 fully saturated rings. The Morgan fingerprint density at radius 3 is 2.29 bits per heavy atom. The highest BCUT2D eigenvalue weighted by atomic mass is 16.4. The van der Waals surface area contributed by atoms with E-state index < -0.39 is 17.9 Å². The van der Waals surface area contributed by atoms with Crippen molar-refractivity contribution in [1.29, 1.82) is 0 Å². The number of carbonyl (C=O) groups is 2. The molecule has 0 aliphatic rings. The molecule has 5 N–H and O–H groups in total.